The van der Waals surface area contributed by atoms with E-state index >= 15 is 0 Å². The SMILES string of the molecule is CCc1cccc(Oc2ccc(N)c(C(=O)O)c2)c1. The van der Waals surface area contributed by atoms with Crippen molar-refractivity contribution in [3.8, 4) is 11.5 Å². The fraction of sp³-hybridized carbons (Fsp3) is 0.133. The van der Waals surface area contributed by atoms with Gasteiger partial charge in [0.05, 0.1) is 5.56 Å². The summed E-state index contributed by atoms with van der Waals surface area (Å²) in [6.07, 6.45) is 0.916. The van der Waals surface area contributed by atoms with E-state index in [1.165, 1.54) is 12.1 Å². The fourth-order valence-electron chi connectivity index (χ4n) is 1.75. The summed E-state index contributed by atoms with van der Waals surface area (Å²) in [5.41, 5.74) is 7.02. The standard InChI is InChI=1S/C15H15NO3/c1-2-10-4-3-5-11(8-10)19-12-6-7-14(16)13(9-12)15(17)18/h3-9H,2,16H2,1H3,(H,17,18). The number of aryl methyl sites for hydroxylation is 1. The molecule has 0 amide bonds. The van der Waals surface area contributed by atoms with Crippen LogP contribution in [-0.2, 0) is 6.42 Å². The Kier molecular flexibility index (Phi) is 3.71. The number of rotatable bonds is 4. The molecule has 98 valence electrons. The van der Waals surface area contributed by atoms with Crippen molar-refractivity contribution in [2.24, 2.45) is 0 Å². The highest BCUT2D eigenvalue weighted by Crippen LogP contribution is 2.25. The lowest BCUT2D eigenvalue weighted by Crippen LogP contribution is -2.02. The molecular formula is C15H15NO3. The lowest BCUT2D eigenvalue weighted by atomic mass is 10.1. The van der Waals surface area contributed by atoms with Gasteiger partial charge in [-0.2, -0.15) is 0 Å². The van der Waals surface area contributed by atoms with Crippen LogP contribution in [0.25, 0.3) is 0 Å². The molecule has 0 aliphatic rings. The van der Waals surface area contributed by atoms with Crippen LogP contribution in [0.1, 0.15) is 22.8 Å². The van der Waals surface area contributed by atoms with Gasteiger partial charge in [0.1, 0.15) is 11.5 Å². The van der Waals surface area contributed by atoms with Crippen LogP contribution in [0.3, 0.4) is 0 Å². The van der Waals surface area contributed by atoms with E-state index in [9.17, 15) is 4.79 Å². The van der Waals surface area contributed by atoms with E-state index in [4.69, 9.17) is 15.6 Å². The van der Waals surface area contributed by atoms with Crippen molar-refractivity contribution < 1.29 is 14.6 Å². The molecule has 19 heavy (non-hydrogen) atoms. The first-order chi connectivity index (χ1) is 9.10. The molecule has 0 aliphatic carbocycles. The molecule has 0 saturated heterocycles. The number of hydrogen-bond donors (Lipinski definition) is 2. The number of aromatic carboxylic acids is 1. The summed E-state index contributed by atoms with van der Waals surface area (Å²) >= 11 is 0. The minimum atomic E-state index is -1.06. The Hall–Kier alpha value is -2.49. The molecule has 4 nitrogen and oxygen atoms in total. The lowest BCUT2D eigenvalue weighted by Gasteiger charge is -2.09. The van der Waals surface area contributed by atoms with Crippen molar-refractivity contribution in [1.29, 1.82) is 0 Å². The van der Waals surface area contributed by atoms with Gasteiger partial charge in [-0.05, 0) is 42.3 Å². The highest BCUT2D eigenvalue weighted by Gasteiger charge is 2.09. The number of carboxylic acids is 1. The molecule has 0 atom stereocenters. The largest absolute Gasteiger partial charge is 0.478 e. The molecule has 0 fully saturated rings. The van der Waals surface area contributed by atoms with Gasteiger partial charge in [-0.1, -0.05) is 19.1 Å². The van der Waals surface area contributed by atoms with E-state index in [0.29, 0.717) is 11.5 Å². The molecule has 0 saturated carbocycles. The van der Waals surface area contributed by atoms with Crippen LogP contribution < -0.4 is 10.5 Å². The summed E-state index contributed by atoms with van der Waals surface area (Å²) in [7, 11) is 0. The first-order valence-electron chi connectivity index (χ1n) is 5.99. The highest BCUT2D eigenvalue weighted by atomic mass is 16.5. The van der Waals surface area contributed by atoms with Gasteiger partial charge in [-0.25, -0.2) is 4.79 Å². The third kappa shape index (κ3) is 3.04. The van der Waals surface area contributed by atoms with Gasteiger partial charge >= 0.3 is 5.97 Å². The molecule has 4 heteroatoms. The van der Waals surface area contributed by atoms with E-state index in [1.807, 2.05) is 24.3 Å². The molecular weight excluding hydrogens is 242 g/mol. The number of nitrogens with two attached hydrogens (primary N) is 1. The summed E-state index contributed by atoms with van der Waals surface area (Å²) in [6.45, 7) is 2.06. The van der Waals surface area contributed by atoms with Crippen LogP contribution in [0.5, 0.6) is 11.5 Å². The number of carboxylic acid groups (broad SMARTS) is 1. The maximum Gasteiger partial charge on any atom is 0.337 e. The molecule has 2 rings (SSSR count). The lowest BCUT2D eigenvalue weighted by molar-refractivity contribution is 0.0697. The number of ether oxygens (including phenoxy) is 1. The average Bonchev–Trinajstić information content (AvgIpc) is 2.41. The van der Waals surface area contributed by atoms with Crippen LogP contribution in [0.2, 0.25) is 0 Å². The third-order valence-corrected chi connectivity index (χ3v) is 2.80. The molecule has 0 radical (unpaired) electrons. The maximum atomic E-state index is 11.0. The topological polar surface area (TPSA) is 72.5 Å². The minimum Gasteiger partial charge on any atom is -0.478 e. The molecule has 2 aromatic rings. The summed E-state index contributed by atoms with van der Waals surface area (Å²) in [4.78, 5) is 11.0. The second kappa shape index (κ2) is 5.44. The van der Waals surface area contributed by atoms with Crippen molar-refractivity contribution in [3.05, 3.63) is 53.6 Å². The first-order valence-corrected chi connectivity index (χ1v) is 5.99. The Morgan fingerprint density at radius 2 is 1.95 bits per heavy atom. The van der Waals surface area contributed by atoms with Gasteiger partial charge in [0.15, 0.2) is 0 Å². The molecule has 0 unspecified atom stereocenters. The third-order valence-electron chi connectivity index (χ3n) is 2.80. The van der Waals surface area contributed by atoms with Crippen LogP contribution in [0.4, 0.5) is 5.69 Å². The molecule has 0 aliphatic heterocycles. The zero-order chi connectivity index (χ0) is 13.8. The van der Waals surface area contributed by atoms with E-state index < -0.39 is 5.97 Å². The summed E-state index contributed by atoms with van der Waals surface area (Å²) < 4.78 is 5.65. The Bertz CT molecular complexity index is 608. The van der Waals surface area contributed by atoms with Crippen molar-refractivity contribution in [3.63, 3.8) is 0 Å². The summed E-state index contributed by atoms with van der Waals surface area (Å²) in [5, 5.41) is 9.00. The predicted molar refractivity (Wildman–Crippen MR) is 73.7 cm³/mol. The van der Waals surface area contributed by atoms with Gasteiger partial charge < -0.3 is 15.6 Å². The second-order valence-electron chi connectivity index (χ2n) is 4.16. The normalized spacial score (nSPS) is 10.2. The van der Waals surface area contributed by atoms with E-state index in [-0.39, 0.29) is 11.3 Å². The molecule has 0 aromatic heterocycles. The highest BCUT2D eigenvalue weighted by molar-refractivity contribution is 5.94. The van der Waals surface area contributed by atoms with Crippen LogP contribution >= 0.6 is 0 Å². The average molecular weight is 257 g/mol. The quantitative estimate of drug-likeness (QED) is 0.824. The van der Waals surface area contributed by atoms with Gasteiger partial charge in [0.2, 0.25) is 0 Å². The number of benzene rings is 2. The Morgan fingerprint density at radius 3 is 2.63 bits per heavy atom. The van der Waals surface area contributed by atoms with Crippen molar-refractivity contribution in [2.45, 2.75) is 13.3 Å². The Labute approximate surface area is 111 Å². The number of nitrogen functional groups attached to an aromatic ring is 1. The van der Waals surface area contributed by atoms with Crippen LogP contribution in [0, 0.1) is 0 Å². The smallest absolute Gasteiger partial charge is 0.337 e. The molecule has 0 spiro atoms. The van der Waals surface area contributed by atoms with Crippen LogP contribution in [-0.4, -0.2) is 11.1 Å². The second-order valence-corrected chi connectivity index (χ2v) is 4.16. The number of hydrogen-bond acceptors (Lipinski definition) is 3. The summed E-state index contributed by atoms with van der Waals surface area (Å²) in [5.74, 6) is 0.0746. The Morgan fingerprint density at radius 1 is 1.21 bits per heavy atom. The van der Waals surface area contributed by atoms with Crippen molar-refractivity contribution in [1.82, 2.24) is 0 Å². The minimum absolute atomic E-state index is 0.0455. The monoisotopic (exact) mass is 257 g/mol. The van der Waals surface area contributed by atoms with E-state index in [1.54, 1.807) is 6.07 Å². The van der Waals surface area contributed by atoms with Gasteiger partial charge in [0.25, 0.3) is 0 Å². The maximum absolute atomic E-state index is 11.0. The van der Waals surface area contributed by atoms with Gasteiger partial charge in [0, 0.05) is 5.69 Å². The zero-order valence-corrected chi connectivity index (χ0v) is 10.6. The zero-order valence-electron chi connectivity index (χ0n) is 10.6. The molecule has 3 N–H and O–H groups in total. The molecule has 0 bridgehead atoms. The Balaban J connectivity index is 2.28. The van der Waals surface area contributed by atoms with Gasteiger partial charge in [-0.15, -0.1) is 0 Å². The van der Waals surface area contributed by atoms with Crippen LogP contribution in [0.15, 0.2) is 42.5 Å². The summed E-state index contributed by atoms with van der Waals surface area (Å²) in [6, 6.07) is 12.3. The van der Waals surface area contributed by atoms with Crippen molar-refractivity contribution >= 4 is 11.7 Å². The fourth-order valence-corrected chi connectivity index (χ4v) is 1.75. The van der Waals surface area contributed by atoms with E-state index in [0.717, 1.165) is 12.0 Å². The van der Waals surface area contributed by atoms with E-state index in [2.05, 4.69) is 6.92 Å². The number of carbonyl (C=O) groups is 1. The number of anilines is 1. The molecule has 0 heterocycles. The van der Waals surface area contributed by atoms with Crippen molar-refractivity contribution in [2.75, 3.05) is 5.73 Å². The predicted octanol–water partition coefficient (Wildman–Crippen LogP) is 3.32. The molecule has 2 aromatic carbocycles. The first kappa shape index (κ1) is 13.0. The van der Waals surface area contributed by atoms with Gasteiger partial charge in [-0.3, -0.25) is 0 Å².